The van der Waals surface area contributed by atoms with Gasteiger partial charge in [-0.1, -0.05) is 6.07 Å². The molecule has 1 aliphatic heterocycles. The van der Waals surface area contributed by atoms with Crippen LogP contribution in [0.2, 0.25) is 0 Å². The summed E-state index contributed by atoms with van der Waals surface area (Å²) in [5.41, 5.74) is 1.66. The quantitative estimate of drug-likeness (QED) is 0.869. The third-order valence-electron chi connectivity index (χ3n) is 4.21. The number of anilines is 1. The highest BCUT2D eigenvalue weighted by Gasteiger charge is 2.25. The van der Waals surface area contributed by atoms with E-state index in [9.17, 15) is 0 Å². The first-order valence-electron chi connectivity index (χ1n) is 7.58. The van der Waals surface area contributed by atoms with Crippen molar-refractivity contribution in [2.24, 2.45) is 0 Å². The van der Waals surface area contributed by atoms with Gasteiger partial charge in [-0.15, -0.1) is 0 Å². The number of aromatic nitrogens is 1. The molecule has 1 saturated heterocycles. The number of ether oxygens (including phenoxy) is 2. The van der Waals surface area contributed by atoms with Crippen molar-refractivity contribution in [3.8, 4) is 17.6 Å². The molecule has 0 bridgehead atoms. The van der Waals surface area contributed by atoms with Crippen LogP contribution in [0.15, 0.2) is 36.4 Å². The second-order valence-electron chi connectivity index (χ2n) is 5.57. The van der Waals surface area contributed by atoms with Gasteiger partial charge in [-0.05, 0) is 36.2 Å². The molecule has 1 atom stereocenters. The third kappa shape index (κ3) is 3.21. The normalized spacial score (nSPS) is 16.9. The molecule has 0 saturated carbocycles. The minimum absolute atomic E-state index is 0.395. The molecule has 2 aromatic rings. The molecule has 0 amide bonds. The summed E-state index contributed by atoms with van der Waals surface area (Å²) in [6.07, 6.45) is 1.04. The Bertz CT molecular complexity index is 717. The molecule has 1 fully saturated rings. The van der Waals surface area contributed by atoms with Crippen molar-refractivity contribution in [3.05, 3.63) is 47.7 Å². The maximum Gasteiger partial charge on any atom is 0.142 e. The predicted molar refractivity (Wildman–Crippen MR) is 88.1 cm³/mol. The van der Waals surface area contributed by atoms with E-state index in [-0.39, 0.29) is 0 Å². The summed E-state index contributed by atoms with van der Waals surface area (Å²) in [7, 11) is 3.33. The van der Waals surface area contributed by atoms with Crippen molar-refractivity contribution in [2.75, 3.05) is 32.2 Å². The smallest absolute Gasteiger partial charge is 0.142 e. The van der Waals surface area contributed by atoms with E-state index in [1.807, 2.05) is 18.2 Å². The topological polar surface area (TPSA) is 58.4 Å². The van der Waals surface area contributed by atoms with E-state index in [1.165, 1.54) is 5.56 Å². The van der Waals surface area contributed by atoms with Crippen LogP contribution in [0.4, 0.5) is 5.82 Å². The van der Waals surface area contributed by atoms with Crippen LogP contribution in [0.1, 0.15) is 23.6 Å². The number of pyridine rings is 1. The highest BCUT2D eigenvalue weighted by atomic mass is 16.5. The Hall–Kier alpha value is -2.74. The Kier molecular flexibility index (Phi) is 4.33. The number of benzene rings is 1. The fourth-order valence-electron chi connectivity index (χ4n) is 2.97. The van der Waals surface area contributed by atoms with Gasteiger partial charge in [0.1, 0.15) is 29.1 Å². The summed E-state index contributed by atoms with van der Waals surface area (Å²) in [5, 5.41) is 8.99. The average Bonchev–Trinajstić information content (AvgIpc) is 3.11. The molecule has 5 heteroatoms. The molecule has 1 aromatic carbocycles. The minimum atomic E-state index is 0.395. The summed E-state index contributed by atoms with van der Waals surface area (Å²) < 4.78 is 10.7. The second-order valence-corrected chi connectivity index (χ2v) is 5.57. The number of rotatable bonds is 4. The molecule has 2 heterocycles. The SMILES string of the molecule is COc1cc(OC)cc([C@H]2CCN(c3cccc(C#N)n3)C2)c1. The Labute approximate surface area is 136 Å². The minimum Gasteiger partial charge on any atom is -0.497 e. The number of hydrogen-bond donors (Lipinski definition) is 0. The lowest BCUT2D eigenvalue weighted by Crippen LogP contribution is -2.20. The third-order valence-corrected chi connectivity index (χ3v) is 4.21. The molecule has 0 radical (unpaired) electrons. The molecule has 3 rings (SSSR count). The van der Waals surface area contributed by atoms with Crippen LogP contribution in [0, 0.1) is 11.3 Å². The maximum atomic E-state index is 8.99. The molecular weight excluding hydrogens is 290 g/mol. The van der Waals surface area contributed by atoms with Gasteiger partial charge in [-0.2, -0.15) is 5.26 Å². The molecule has 23 heavy (non-hydrogen) atoms. The molecule has 118 valence electrons. The summed E-state index contributed by atoms with van der Waals surface area (Å²) in [5.74, 6) is 2.87. The molecule has 5 nitrogen and oxygen atoms in total. The van der Waals surface area contributed by atoms with E-state index in [1.54, 1.807) is 20.3 Å². The zero-order valence-electron chi connectivity index (χ0n) is 13.3. The highest BCUT2D eigenvalue weighted by molar-refractivity contribution is 5.46. The first-order valence-corrected chi connectivity index (χ1v) is 7.58. The lowest BCUT2D eigenvalue weighted by atomic mass is 9.98. The zero-order valence-corrected chi connectivity index (χ0v) is 13.3. The maximum absolute atomic E-state index is 8.99. The number of hydrogen-bond acceptors (Lipinski definition) is 5. The van der Waals surface area contributed by atoms with Crippen LogP contribution in [-0.2, 0) is 0 Å². The van der Waals surface area contributed by atoms with Crippen LogP contribution >= 0.6 is 0 Å². The largest absolute Gasteiger partial charge is 0.497 e. The monoisotopic (exact) mass is 309 g/mol. The van der Waals surface area contributed by atoms with Gasteiger partial charge in [-0.3, -0.25) is 0 Å². The molecule has 0 N–H and O–H groups in total. The summed E-state index contributed by atoms with van der Waals surface area (Å²) >= 11 is 0. The number of nitriles is 1. The Morgan fingerprint density at radius 1 is 1.17 bits per heavy atom. The first-order chi connectivity index (χ1) is 11.2. The van der Waals surface area contributed by atoms with Gasteiger partial charge in [0.2, 0.25) is 0 Å². The fourth-order valence-corrected chi connectivity index (χ4v) is 2.97. The fraction of sp³-hybridized carbons (Fsp3) is 0.333. The van der Waals surface area contributed by atoms with Gasteiger partial charge in [0, 0.05) is 25.1 Å². The van der Waals surface area contributed by atoms with Gasteiger partial charge in [0.25, 0.3) is 0 Å². The molecule has 0 unspecified atom stereocenters. The molecular formula is C18H19N3O2. The van der Waals surface area contributed by atoms with Crippen LogP contribution in [-0.4, -0.2) is 32.3 Å². The Morgan fingerprint density at radius 2 is 1.91 bits per heavy atom. The number of methoxy groups -OCH3 is 2. The average molecular weight is 309 g/mol. The molecule has 1 aliphatic rings. The van der Waals surface area contributed by atoms with E-state index >= 15 is 0 Å². The van der Waals surface area contributed by atoms with Crippen molar-refractivity contribution in [2.45, 2.75) is 12.3 Å². The first kappa shape index (κ1) is 15.2. The van der Waals surface area contributed by atoms with Crippen molar-refractivity contribution < 1.29 is 9.47 Å². The molecule has 0 spiro atoms. The van der Waals surface area contributed by atoms with Gasteiger partial charge in [-0.25, -0.2) is 4.98 Å². The van der Waals surface area contributed by atoms with Crippen LogP contribution in [0.3, 0.4) is 0 Å². The van der Waals surface area contributed by atoms with Crippen LogP contribution in [0.25, 0.3) is 0 Å². The van der Waals surface area contributed by atoms with Gasteiger partial charge in [0.05, 0.1) is 14.2 Å². The standard InChI is InChI=1S/C18H19N3O2/c1-22-16-8-14(9-17(10-16)23-2)13-6-7-21(12-13)18-5-3-4-15(11-19)20-18/h3-5,8-10,13H,6-7,12H2,1-2H3/t13-/m0/s1. The lowest BCUT2D eigenvalue weighted by Gasteiger charge is -2.18. The summed E-state index contributed by atoms with van der Waals surface area (Å²) in [6, 6.07) is 13.7. The Balaban J connectivity index is 1.81. The van der Waals surface area contributed by atoms with Gasteiger partial charge >= 0.3 is 0 Å². The lowest BCUT2D eigenvalue weighted by molar-refractivity contribution is 0.393. The van der Waals surface area contributed by atoms with E-state index in [4.69, 9.17) is 14.7 Å². The van der Waals surface area contributed by atoms with Crippen molar-refractivity contribution in [1.82, 2.24) is 4.98 Å². The van der Waals surface area contributed by atoms with Crippen molar-refractivity contribution in [3.63, 3.8) is 0 Å². The molecule has 1 aromatic heterocycles. The van der Waals surface area contributed by atoms with Crippen LogP contribution in [0.5, 0.6) is 11.5 Å². The van der Waals surface area contributed by atoms with E-state index in [0.29, 0.717) is 11.6 Å². The molecule has 0 aliphatic carbocycles. The van der Waals surface area contributed by atoms with Gasteiger partial charge < -0.3 is 14.4 Å². The van der Waals surface area contributed by atoms with E-state index < -0.39 is 0 Å². The van der Waals surface area contributed by atoms with E-state index in [2.05, 4.69) is 28.1 Å². The summed E-state index contributed by atoms with van der Waals surface area (Å²) in [4.78, 5) is 6.60. The van der Waals surface area contributed by atoms with Crippen molar-refractivity contribution in [1.29, 1.82) is 5.26 Å². The predicted octanol–water partition coefficient (Wildman–Crippen LogP) is 2.96. The highest BCUT2D eigenvalue weighted by Crippen LogP contribution is 2.34. The zero-order chi connectivity index (χ0) is 16.2. The van der Waals surface area contributed by atoms with Crippen LogP contribution < -0.4 is 14.4 Å². The second kappa shape index (κ2) is 6.57. The van der Waals surface area contributed by atoms with E-state index in [0.717, 1.165) is 36.8 Å². The van der Waals surface area contributed by atoms with Crippen molar-refractivity contribution >= 4 is 5.82 Å². The Morgan fingerprint density at radius 3 is 2.57 bits per heavy atom. The summed E-state index contributed by atoms with van der Waals surface area (Å²) in [6.45, 7) is 1.80. The number of nitrogens with zero attached hydrogens (tertiary/aromatic N) is 3. The van der Waals surface area contributed by atoms with Gasteiger partial charge in [0.15, 0.2) is 0 Å².